The van der Waals surface area contributed by atoms with E-state index in [9.17, 15) is 0 Å². The van der Waals surface area contributed by atoms with Gasteiger partial charge in [0.15, 0.2) is 0 Å². The van der Waals surface area contributed by atoms with Gasteiger partial charge in [-0.25, -0.2) is 9.97 Å². The third-order valence-corrected chi connectivity index (χ3v) is 4.30. The average Bonchev–Trinajstić information content (AvgIpc) is 2.56. The fraction of sp³-hybridized carbons (Fsp3) is 0.312. The van der Waals surface area contributed by atoms with E-state index < -0.39 is 0 Å². The van der Waals surface area contributed by atoms with Crippen LogP contribution in [0.25, 0.3) is 0 Å². The first-order valence-electron chi connectivity index (χ1n) is 7.12. The molecule has 2 heterocycles. The standard InChI is InChI=1S/C16H16ClN5/c1-21-8-9-22(16-19-7-6-12(10-18)20-16)11-15(21)13-4-2-3-5-14(13)17/h2-7,15H,8-9,11H2,1H3/t15-/m0/s1. The highest BCUT2D eigenvalue weighted by Gasteiger charge is 2.28. The van der Waals surface area contributed by atoms with E-state index in [0.717, 1.165) is 30.2 Å². The summed E-state index contributed by atoms with van der Waals surface area (Å²) >= 11 is 6.34. The van der Waals surface area contributed by atoms with E-state index in [1.807, 2.05) is 18.2 Å². The summed E-state index contributed by atoms with van der Waals surface area (Å²) in [5.74, 6) is 0.601. The third kappa shape index (κ3) is 2.89. The average molecular weight is 314 g/mol. The van der Waals surface area contributed by atoms with Gasteiger partial charge in [-0.1, -0.05) is 29.8 Å². The highest BCUT2D eigenvalue weighted by atomic mass is 35.5. The summed E-state index contributed by atoms with van der Waals surface area (Å²) in [5, 5.41) is 9.76. The monoisotopic (exact) mass is 313 g/mol. The molecule has 1 fully saturated rings. The van der Waals surface area contributed by atoms with Crippen LogP contribution in [0.1, 0.15) is 17.3 Å². The summed E-state index contributed by atoms with van der Waals surface area (Å²) in [5.41, 5.74) is 1.49. The maximum atomic E-state index is 8.98. The summed E-state index contributed by atoms with van der Waals surface area (Å²) in [6.07, 6.45) is 1.63. The van der Waals surface area contributed by atoms with Gasteiger partial charge < -0.3 is 4.90 Å². The molecule has 1 atom stereocenters. The van der Waals surface area contributed by atoms with Gasteiger partial charge in [-0.15, -0.1) is 0 Å². The molecule has 1 saturated heterocycles. The molecule has 0 unspecified atom stereocenters. The van der Waals surface area contributed by atoms with Crippen LogP contribution in [0.2, 0.25) is 5.02 Å². The van der Waals surface area contributed by atoms with Crippen molar-refractivity contribution in [2.24, 2.45) is 0 Å². The molecule has 0 spiro atoms. The van der Waals surface area contributed by atoms with Crippen molar-refractivity contribution >= 4 is 17.5 Å². The van der Waals surface area contributed by atoms with Crippen LogP contribution in [0.4, 0.5) is 5.95 Å². The zero-order valence-corrected chi connectivity index (χ0v) is 13.0. The van der Waals surface area contributed by atoms with E-state index >= 15 is 0 Å². The Morgan fingerprint density at radius 3 is 2.86 bits per heavy atom. The third-order valence-electron chi connectivity index (χ3n) is 3.95. The van der Waals surface area contributed by atoms with Gasteiger partial charge in [0.2, 0.25) is 5.95 Å². The Labute approximate surface area is 134 Å². The first kappa shape index (κ1) is 14.8. The maximum absolute atomic E-state index is 8.98. The number of hydrogen-bond donors (Lipinski definition) is 0. The first-order valence-corrected chi connectivity index (χ1v) is 7.49. The molecule has 1 aliphatic heterocycles. The van der Waals surface area contributed by atoms with Crippen molar-refractivity contribution in [2.45, 2.75) is 6.04 Å². The Hall–Kier alpha value is -2.16. The predicted octanol–water partition coefficient (Wildman–Crippen LogP) is 2.49. The zero-order chi connectivity index (χ0) is 15.5. The van der Waals surface area contributed by atoms with Crippen LogP contribution in [0.3, 0.4) is 0 Å². The van der Waals surface area contributed by atoms with Crippen molar-refractivity contribution in [2.75, 3.05) is 31.6 Å². The van der Waals surface area contributed by atoms with Crippen LogP contribution in [-0.2, 0) is 0 Å². The number of likely N-dealkylation sites (N-methyl/N-ethyl adjacent to an activating group) is 1. The molecule has 2 aromatic rings. The first-order chi connectivity index (χ1) is 10.7. The molecule has 6 heteroatoms. The van der Waals surface area contributed by atoms with E-state index in [4.69, 9.17) is 16.9 Å². The van der Waals surface area contributed by atoms with Crippen molar-refractivity contribution in [3.05, 3.63) is 52.8 Å². The lowest BCUT2D eigenvalue weighted by atomic mass is 10.0. The number of aromatic nitrogens is 2. The van der Waals surface area contributed by atoms with Gasteiger partial charge in [0.1, 0.15) is 11.8 Å². The minimum absolute atomic E-state index is 0.178. The second-order valence-corrected chi connectivity index (χ2v) is 5.72. The van der Waals surface area contributed by atoms with Gasteiger partial charge in [-0.05, 0) is 24.7 Å². The molecule has 3 rings (SSSR count). The highest BCUT2D eigenvalue weighted by Crippen LogP contribution is 2.30. The number of nitrogens with zero attached hydrogens (tertiary/aromatic N) is 5. The van der Waals surface area contributed by atoms with Gasteiger partial charge >= 0.3 is 0 Å². The lowest BCUT2D eigenvalue weighted by Gasteiger charge is -2.40. The van der Waals surface area contributed by atoms with Crippen molar-refractivity contribution < 1.29 is 0 Å². The second-order valence-electron chi connectivity index (χ2n) is 5.32. The molecule has 0 bridgehead atoms. The molecule has 1 aliphatic rings. The van der Waals surface area contributed by atoms with E-state index in [1.54, 1.807) is 12.3 Å². The molecule has 5 nitrogen and oxygen atoms in total. The smallest absolute Gasteiger partial charge is 0.226 e. The van der Waals surface area contributed by atoms with Gasteiger partial charge in [0, 0.05) is 30.9 Å². The van der Waals surface area contributed by atoms with Gasteiger partial charge in [-0.2, -0.15) is 5.26 Å². The molecule has 0 N–H and O–H groups in total. The van der Waals surface area contributed by atoms with Crippen LogP contribution in [-0.4, -0.2) is 41.5 Å². The number of benzene rings is 1. The lowest BCUT2D eigenvalue weighted by molar-refractivity contribution is 0.220. The molecule has 0 radical (unpaired) electrons. The SMILES string of the molecule is CN1CCN(c2nccc(C#N)n2)C[C@H]1c1ccccc1Cl. The summed E-state index contributed by atoms with van der Waals surface area (Å²) in [6.45, 7) is 2.46. The molecule has 112 valence electrons. The zero-order valence-electron chi connectivity index (χ0n) is 12.3. The van der Waals surface area contributed by atoms with Crippen molar-refractivity contribution in [3.63, 3.8) is 0 Å². The maximum Gasteiger partial charge on any atom is 0.226 e. The molecular weight excluding hydrogens is 298 g/mol. The number of anilines is 1. The fourth-order valence-electron chi connectivity index (χ4n) is 2.70. The number of rotatable bonds is 2. The van der Waals surface area contributed by atoms with Crippen LogP contribution in [0, 0.1) is 11.3 Å². The van der Waals surface area contributed by atoms with Crippen LogP contribution in [0.5, 0.6) is 0 Å². The van der Waals surface area contributed by atoms with E-state index in [0.29, 0.717) is 11.6 Å². The Bertz CT molecular complexity index is 712. The molecule has 0 aliphatic carbocycles. The Kier molecular flexibility index (Phi) is 4.23. The Morgan fingerprint density at radius 1 is 1.27 bits per heavy atom. The molecule has 0 amide bonds. The summed E-state index contributed by atoms with van der Waals surface area (Å²) in [7, 11) is 2.10. The van der Waals surface area contributed by atoms with Crippen LogP contribution >= 0.6 is 11.6 Å². The molecular formula is C16H16ClN5. The van der Waals surface area contributed by atoms with Gasteiger partial charge in [0.05, 0.1) is 6.04 Å². The van der Waals surface area contributed by atoms with Crippen molar-refractivity contribution in [3.8, 4) is 6.07 Å². The summed E-state index contributed by atoms with van der Waals surface area (Å²) in [6, 6.07) is 11.8. The number of nitriles is 1. The number of piperazine rings is 1. The lowest BCUT2D eigenvalue weighted by Crippen LogP contribution is -2.47. The summed E-state index contributed by atoms with van der Waals surface area (Å²) in [4.78, 5) is 13.0. The minimum Gasteiger partial charge on any atom is -0.338 e. The van der Waals surface area contributed by atoms with Crippen LogP contribution < -0.4 is 4.90 Å². The number of halogens is 1. The minimum atomic E-state index is 0.178. The normalized spacial score (nSPS) is 19.0. The highest BCUT2D eigenvalue weighted by molar-refractivity contribution is 6.31. The van der Waals surface area contributed by atoms with Crippen molar-refractivity contribution in [1.82, 2.24) is 14.9 Å². The van der Waals surface area contributed by atoms with E-state index in [-0.39, 0.29) is 6.04 Å². The van der Waals surface area contributed by atoms with Crippen LogP contribution in [0.15, 0.2) is 36.5 Å². The Morgan fingerprint density at radius 2 is 2.09 bits per heavy atom. The molecule has 0 saturated carbocycles. The Balaban J connectivity index is 1.88. The largest absolute Gasteiger partial charge is 0.338 e. The van der Waals surface area contributed by atoms with Gasteiger partial charge in [-0.3, -0.25) is 4.90 Å². The van der Waals surface area contributed by atoms with Gasteiger partial charge in [0.25, 0.3) is 0 Å². The van der Waals surface area contributed by atoms with Crippen molar-refractivity contribution in [1.29, 1.82) is 5.26 Å². The second kappa shape index (κ2) is 6.30. The van der Waals surface area contributed by atoms with E-state index in [2.05, 4.69) is 39.0 Å². The topological polar surface area (TPSA) is 56.0 Å². The molecule has 22 heavy (non-hydrogen) atoms. The number of hydrogen-bond acceptors (Lipinski definition) is 5. The quantitative estimate of drug-likeness (QED) is 0.852. The summed E-state index contributed by atoms with van der Waals surface area (Å²) < 4.78 is 0. The fourth-order valence-corrected chi connectivity index (χ4v) is 2.96. The molecule has 1 aromatic heterocycles. The predicted molar refractivity (Wildman–Crippen MR) is 85.8 cm³/mol. The van der Waals surface area contributed by atoms with E-state index in [1.165, 1.54) is 0 Å². The molecule has 1 aromatic carbocycles.